The van der Waals surface area contributed by atoms with E-state index < -0.39 is 27.1 Å². The summed E-state index contributed by atoms with van der Waals surface area (Å²) < 4.78 is 0. The van der Waals surface area contributed by atoms with Gasteiger partial charge in [-0.3, -0.25) is 27.1 Å². The van der Waals surface area contributed by atoms with Crippen LogP contribution in [0.5, 0.6) is 0 Å². The Kier molecular flexibility index (Phi) is 12.3. The quantitative estimate of drug-likeness (QED) is 0.516. The zero-order chi connectivity index (χ0) is 15.4. The third kappa shape index (κ3) is 33.0. The third-order valence-electron chi connectivity index (χ3n) is 2.17. The van der Waals surface area contributed by atoms with Crippen LogP contribution in [0.25, 0.3) is 0 Å². The van der Waals surface area contributed by atoms with Crippen LogP contribution in [-0.4, -0.2) is 92.0 Å². The molecule has 7 heteroatoms. The van der Waals surface area contributed by atoms with Gasteiger partial charge in [-0.05, 0) is 0 Å². The second kappa shape index (κ2) is 9.07. The van der Waals surface area contributed by atoms with Crippen LogP contribution in [0.1, 0.15) is 0 Å². The Balaban J connectivity index is -0.000000256. The molecule has 0 atom stereocenters. The number of rotatable bonds is 4. The van der Waals surface area contributed by atoms with Crippen LogP contribution in [-0.2, 0) is 16.5 Å². The molecule has 0 spiro atoms. The molecule has 0 nitrogen and oxygen atoms in total. The van der Waals surface area contributed by atoms with Crippen molar-refractivity contribution < 1.29 is 16.5 Å². The first-order valence-electron chi connectivity index (χ1n) is 6.63. The van der Waals surface area contributed by atoms with Gasteiger partial charge in [0.25, 0.3) is 0 Å². The molecule has 0 saturated heterocycles. The Morgan fingerprint density at radius 1 is 0.474 bits per heavy atom. The molecule has 0 bridgehead atoms. The van der Waals surface area contributed by atoms with Crippen molar-refractivity contribution in [2.75, 3.05) is 53.3 Å². The molecule has 0 N–H and O–H groups in total. The van der Waals surface area contributed by atoms with Crippen LogP contribution in [0.4, 0.5) is 0 Å². The van der Waals surface area contributed by atoms with Crippen LogP contribution in [0.3, 0.4) is 0 Å². The van der Waals surface area contributed by atoms with E-state index in [4.69, 9.17) is 0 Å². The summed E-state index contributed by atoms with van der Waals surface area (Å²) in [6, 6.07) is 0. The van der Waals surface area contributed by atoms with Gasteiger partial charge in [-0.15, -0.1) is 25.2 Å². The largest absolute Gasteiger partial charge is 2.00 e. The average Bonchev–Trinajstić information content (AvgIpc) is 1.64. The van der Waals surface area contributed by atoms with Crippen molar-refractivity contribution in [2.24, 2.45) is 0 Å². The van der Waals surface area contributed by atoms with E-state index in [0.29, 0.717) is 0 Å². The SMILES string of the molecule is C=P(C)(C)[BH2-]P(=C)(C)C.C=P(C)(C)[BH2-]P(=C)(C)C.[Ni+2]. The minimum atomic E-state index is -0.675. The molecule has 0 fully saturated rings. The van der Waals surface area contributed by atoms with Crippen molar-refractivity contribution in [1.82, 2.24) is 0 Å². The normalized spacial score (nSPS) is 13.1. The van der Waals surface area contributed by atoms with Gasteiger partial charge in [-0.25, -0.2) is 0 Å². The molecule has 0 unspecified atom stereocenters. The number of hydrogen-bond donors (Lipinski definition) is 0. The van der Waals surface area contributed by atoms with E-state index in [1.54, 1.807) is 0 Å². The molecule has 0 aromatic heterocycles. The third-order valence-corrected chi connectivity index (χ3v) is 19.5. The molecule has 0 aliphatic rings. The van der Waals surface area contributed by atoms with Gasteiger partial charge in [0.1, 0.15) is 0 Å². The predicted molar refractivity (Wildman–Crippen MR) is 121 cm³/mol. The standard InChI is InChI=1S/2C6H18BP2.Ni/c2*1-8(2,3)7-9(4,5)6;/h2*1,4,7H2,2-3,5-6H3;/q2*-1;+2. The fraction of sp³-hybridized carbons (Fsp3) is 0.667. The predicted octanol–water partition coefficient (Wildman–Crippen LogP) is 2.80. The van der Waals surface area contributed by atoms with Crippen molar-refractivity contribution in [2.45, 2.75) is 0 Å². The maximum Gasteiger partial charge on any atom is 2.00 e. The fourth-order valence-corrected chi connectivity index (χ4v) is 26.4. The summed E-state index contributed by atoms with van der Waals surface area (Å²) in [7, 11) is 0. The molecule has 0 amide bonds. The van der Waals surface area contributed by atoms with E-state index >= 15 is 0 Å². The topological polar surface area (TPSA) is 0 Å². The van der Waals surface area contributed by atoms with Gasteiger partial charge in [-0.2, -0.15) is 0 Å². The smallest absolute Gasteiger partial charge is 0.258 e. The van der Waals surface area contributed by atoms with E-state index in [0.717, 1.165) is 0 Å². The van der Waals surface area contributed by atoms with Crippen LogP contribution in [0.15, 0.2) is 0 Å². The zero-order valence-corrected chi connectivity index (χ0v) is 19.5. The Hall–Kier alpha value is 1.82. The Morgan fingerprint density at radius 3 is 0.579 bits per heavy atom. The monoisotopic (exact) mass is 384 g/mol. The molecule has 0 aromatic carbocycles. The summed E-state index contributed by atoms with van der Waals surface area (Å²) >= 11 is 0. The summed E-state index contributed by atoms with van der Waals surface area (Å²) in [6.45, 7) is 16.4. The average molecular weight is 385 g/mol. The fourth-order valence-electron chi connectivity index (χ4n) is 2.93. The van der Waals surface area contributed by atoms with Gasteiger partial charge in [0.2, 0.25) is 0 Å². The summed E-state index contributed by atoms with van der Waals surface area (Å²) in [4.78, 5) is 0. The summed E-state index contributed by atoms with van der Waals surface area (Å²) in [6.07, 6.45) is 16.8. The van der Waals surface area contributed by atoms with E-state index in [1.807, 2.05) is 0 Å². The van der Waals surface area contributed by atoms with Gasteiger partial charge in [0, 0.05) is 13.4 Å². The molecular weight excluding hydrogens is 348 g/mol. The molecule has 0 aliphatic carbocycles. The summed E-state index contributed by atoms with van der Waals surface area (Å²) in [5.41, 5.74) is 0. The van der Waals surface area contributed by atoms with Crippen LogP contribution in [0, 0.1) is 0 Å². The first-order chi connectivity index (χ1) is 7.41. The van der Waals surface area contributed by atoms with Gasteiger partial charge < -0.3 is 0 Å². The molecule has 0 heterocycles. The van der Waals surface area contributed by atoms with E-state index in [-0.39, 0.29) is 29.9 Å². The van der Waals surface area contributed by atoms with E-state index in [9.17, 15) is 0 Å². The second-order valence-electron chi connectivity index (χ2n) is 9.56. The molecule has 0 aliphatic heterocycles. The molecular formula is C12H36B2NiP4. The van der Waals surface area contributed by atoms with Gasteiger partial charge in [-0.1, -0.05) is 53.3 Å². The van der Waals surface area contributed by atoms with Gasteiger partial charge in [0.05, 0.1) is 0 Å². The Morgan fingerprint density at radius 2 is 0.579 bits per heavy atom. The van der Waals surface area contributed by atoms with Crippen molar-refractivity contribution in [1.29, 1.82) is 0 Å². The van der Waals surface area contributed by atoms with E-state index in [1.165, 1.54) is 0 Å². The number of hydrogen-bond acceptors (Lipinski definition) is 0. The minimum absolute atomic E-state index is 0. The minimum Gasteiger partial charge on any atom is -0.258 e. The maximum absolute atomic E-state index is 4.21. The summed E-state index contributed by atoms with van der Waals surface area (Å²) in [5, 5.41) is 0. The van der Waals surface area contributed by atoms with Crippen LogP contribution in [0.2, 0.25) is 0 Å². The maximum atomic E-state index is 4.21. The molecule has 0 aromatic rings. The van der Waals surface area contributed by atoms with Crippen molar-refractivity contribution in [3.8, 4) is 0 Å². The van der Waals surface area contributed by atoms with Crippen LogP contribution < -0.4 is 0 Å². The first kappa shape index (κ1) is 25.8. The molecule has 19 heavy (non-hydrogen) atoms. The molecule has 0 radical (unpaired) electrons. The van der Waals surface area contributed by atoms with Crippen molar-refractivity contribution in [3.05, 3.63) is 0 Å². The first-order valence-corrected chi connectivity index (χ1v) is 19.9. The molecule has 0 saturated carbocycles. The van der Waals surface area contributed by atoms with Gasteiger partial charge >= 0.3 is 16.5 Å². The summed E-state index contributed by atoms with van der Waals surface area (Å²) in [5.74, 6) is 0. The second-order valence-corrected chi connectivity index (χ2v) is 31.1. The van der Waals surface area contributed by atoms with Crippen LogP contribution >= 0.6 is 27.1 Å². The molecule has 120 valence electrons. The Labute approximate surface area is 135 Å². The van der Waals surface area contributed by atoms with E-state index in [2.05, 4.69) is 78.5 Å². The Bertz CT molecular complexity index is 351. The molecule has 0 rings (SSSR count). The zero-order valence-electron chi connectivity index (χ0n) is 14.9. The van der Waals surface area contributed by atoms with Gasteiger partial charge in [0.15, 0.2) is 0 Å². The van der Waals surface area contributed by atoms with Crippen molar-refractivity contribution in [3.63, 3.8) is 0 Å². The van der Waals surface area contributed by atoms with Crippen molar-refractivity contribution >= 4 is 65.7 Å².